The van der Waals surface area contributed by atoms with E-state index in [1.807, 2.05) is 0 Å². The zero-order valence-electron chi connectivity index (χ0n) is 27.8. The predicted octanol–water partition coefficient (Wildman–Crippen LogP) is 3.73. The van der Waals surface area contributed by atoms with Crippen LogP contribution in [0.25, 0.3) is 0 Å². The summed E-state index contributed by atoms with van der Waals surface area (Å²) in [6.07, 6.45) is -13.7. The smallest absolute Gasteiger partial charge is 0.338 e. The number of hydrogen-bond donors (Lipinski definition) is 2. The molecule has 2 heterocycles. The summed E-state index contributed by atoms with van der Waals surface area (Å²) in [7, 11) is 0. The molecule has 0 bridgehead atoms. The van der Waals surface area contributed by atoms with Crippen LogP contribution in [0.3, 0.4) is 0 Å². The van der Waals surface area contributed by atoms with Crippen LogP contribution in [0.4, 0.5) is 0 Å². The molecule has 0 saturated carbocycles. The van der Waals surface area contributed by atoms with E-state index in [-0.39, 0.29) is 22.3 Å². The number of carbonyl (C=O) groups excluding carboxylic acids is 4. The molecule has 0 aliphatic carbocycles. The average molecular weight is 713 g/mol. The Hall–Kier alpha value is -5.44. The third kappa shape index (κ3) is 8.53. The molecular formula is C39H36O13. The molecule has 2 fully saturated rings. The fourth-order valence-corrected chi connectivity index (χ4v) is 5.78. The number of hydrogen-bond acceptors (Lipinski definition) is 13. The number of rotatable bonds is 10. The maximum Gasteiger partial charge on any atom is 0.338 e. The Morgan fingerprint density at radius 2 is 0.885 bits per heavy atom. The third-order valence-electron chi connectivity index (χ3n) is 8.45. The van der Waals surface area contributed by atoms with Crippen molar-refractivity contribution in [3.8, 4) is 0 Å². The van der Waals surface area contributed by atoms with E-state index >= 15 is 0 Å². The summed E-state index contributed by atoms with van der Waals surface area (Å²) in [4.78, 5) is 53.6. The molecule has 13 heteroatoms. The lowest BCUT2D eigenvalue weighted by atomic mass is 9.97. The molecule has 52 heavy (non-hydrogen) atoms. The summed E-state index contributed by atoms with van der Waals surface area (Å²) < 4.78 is 41.1. The first-order valence-corrected chi connectivity index (χ1v) is 16.5. The van der Waals surface area contributed by atoms with E-state index in [0.29, 0.717) is 0 Å². The number of ether oxygens (including phenoxy) is 7. The Kier molecular flexibility index (Phi) is 11.7. The minimum absolute atomic E-state index is 0.122. The van der Waals surface area contributed by atoms with Gasteiger partial charge in [-0.25, -0.2) is 19.2 Å². The van der Waals surface area contributed by atoms with Crippen molar-refractivity contribution < 1.29 is 62.5 Å². The third-order valence-corrected chi connectivity index (χ3v) is 8.45. The van der Waals surface area contributed by atoms with E-state index in [1.165, 1.54) is 55.5 Å². The first kappa shape index (κ1) is 36.4. The molecule has 4 aromatic rings. The number of aliphatic hydroxyl groups excluding tert-OH is 2. The molecule has 4 aromatic carbocycles. The van der Waals surface area contributed by atoms with Gasteiger partial charge in [-0.05, 0) is 55.5 Å². The Morgan fingerprint density at radius 1 is 0.519 bits per heavy atom. The van der Waals surface area contributed by atoms with Gasteiger partial charge >= 0.3 is 23.9 Å². The second kappa shape index (κ2) is 16.7. The number of carbonyl (C=O) groups is 4. The Labute approximate surface area is 298 Å². The highest BCUT2D eigenvalue weighted by molar-refractivity contribution is 5.91. The molecule has 2 saturated heterocycles. The van der Waals surface area contributed by atoms with Gasteiger partial charge in [0.25, 0.3) is 0 Å². The molecule has 2 aliphatic heterocycles. The lowest BCUT2D eigenvalue weighted by molar-refractivity contribution is -0.345. The van der Waals surface area contributed by atoms with Crippen LogP contribution in [0.1, 0.15) is 48.4 Å². The molecular weight excluding hydrogens is 676 g/mol. The molecule has 270 valence electrons. The van der Waals surface area contributed by atoms with Crippen molar-refractivity contribution in [1.82, 2.24) is 0 Å². The maximum absolute atomic E-state index is 13.6. The topological polar surface area (TPSA) is 173 Å². The van der Waals surface area contributed by atoms with Gasteiger partial charge in [-0.1, -0.05) is 72.8 Å². The summed E-state index contributed by atoms with van der Waals surface area (Å²) in [6.45, 7) is 1.12. The van der Waals surface area contributed by atoms with Crippen LogP contribution < -0.4 is 0 Å². The van der Waals surface area contributed by atoms with Crippen LogP contribution in [-0.2, 0) is 33.2 Å². The molecule has 0 unspecified atom stereocenters. The molecule has 6 rings (SSSR count). The second-order valence-corrected chi connectivity index (χ2v) is 12.0. The molecule has 9 atom stereocenters. The van der Waals surface area contributed by atoms with Crippen molar-refractivity contribution in [3.05, 3.63) is 144 Å². The van der Waals surface area contributed by atoms with E-state index in [2.05, 4.69) is 0 Å². The Balaban J connectivity index is 1.36. The highest BCUT2D eigenvalue weighted by Gasteiger charge is 2.54. The van der Waals surface area contributed by atoms with Gasteiger partial charge in [-0.2, -0.15) is 0 Å². The second-order valence-electron chi connectivity index (χ2n) is 12.0. The Morgan fingerprint density at radius 3 is 1.31 bits per heavy atom. The minimum Gasteiger partial charge on any atom is -0.453 e. The van der Waals surface area contributed by atoms with Gasteiger partial charge in [0.2, 0.25) is 0 Å². The lowest BCUT2D eigenvalue weighted by Gasteiger charge is -2.46. The van der Waals surface area contributed by atoms with Crippen molar-refractivity contribution in [1.29, 1.82) is 0 Å². The van der Waals surface area contributed by atoms with Gasteiger partial charge in [0.15, 0.2) is 43.1 Å². The van der Waals surface area contributed by atoms with Gasteiger partial charge in [0, 0.05) is 0 Å². The van der Waals surface area contributed by atoms with Gasteiger partial charge in [0.1, 0.15) is 6.10 Å². The maximum atomic E-state index is 13.6. The van der Waals surface area contributed by atoms with Gasteiger partial charge in [-0.3, -0.25) is 0 Å². The van der Waals surface area contributed by atoms with Crippen molar-refractivity contribution in [2.45, 2.75) is 62.2 Å². The zero-order valence-corrected chi connectivity index (χ0v) is 27.8. The van der Waals surface area contributed by atoms with Crippen LogP contribution in [0.5, 0.6) is 0 Å². The SMILES string of the molecule is C[C@@H]1O[C@@H](O[C@@H]2[C@@H](OC(=O)c3ccccc3)[C@@H](O)CO[C@H]2O)[C@H](OC(=O)c2ccccc2)[C@H](OC(=O)c2ccccc2)[C@H]1OC(=O)c1ccccc1. The molecule has 0 amide bonds. The summed E-state index contributed by atoms with van der Waals surface area (Å²) in [5.74, 6) is -3.31. The van der Waals surface area contributed by atoms with E-state index < -0.39 is 85.8 Å². The van der Waals surface area contributed by atoms with Gasteiger partial charge in [-0.15, -0.1) is 0 Å². The summed E-state index contributed by atoms with van der Waals surface area (Å²) in [6, 6.07) is 32.0. The standard InChI is InChI=1S/C39H36O13/c1-23-29(48-34(41)24-14-6-2-7-15-24)31(50-36(43)26-18-10-4-11-19-26)33(51-37(44)27-20-12-5-13-21-27)39(47-23)52-32-30(28(40)22-46-38(32)45)49-35(42)25-16-8-3-9-17-25/h2-21,23,28-33,38-40,45H,22H2,1H3/t23-,28-,29-,30-,31+,32+,33+,38+,39-/m0/s1. The quantitative estimate of drug-likeness (QED) is 0.180. The van der Waals surface area contributed by atoms with E-state index in [4.69, 9.17) is 33.2 Å². The highest BCUT2D eigenvalue weighted by atomic mass is 16.8. The summed E-state index contributed by atoms with van der Waals surface area (Å²) >= 11 is 0. The zero-order chi connectivity index (χ0) is 36.6. The predicted molar refractivity (Wildman–Crippen MR) is 180 cm³/mol. The normalized spacial score (nSPS) is 27.1. The van der Waals surface area contributed by atoms with Crippen LogP contribution in [0.15, 0.2) is 121 Å². The largest absolute Gasteiger partial charge is 0.453 e. The van der Waals surface area contributed by atoms with Crippen molar-refractivity contribution in [2.24, 2.45) is 0 Å². The van der Waals surface area contributed by atoms with E-state index in [1.54, 1.807) is 72.8 Å². The first-order chi connectivity index (χ1) is 25.2. The van der Waals surface area contributed by atoms with Crippen LogP contribution in [0, 0.1) is 0 Å². The molecule has 0 spiro atoms. The van der Waals surface area contributed by atoms with Crippen LogP contribution in [-0.4, -0.2) is 96.0 Å². The number of benzene rings is 4. The van der Waals surface area contributed by atoms with Gasteiger partial charge in [0.05, 0.1) is 35.0 Å². The van der Waals surface area contributed by atoms with Crippen LogP contribution in [0.2, 0.25) is 0 Å². The molecule has 13 nitrogen and oxygen atoms in total. The van der Waals surface area contributed by atoms with E-state index in [9.17, 15) is 29.4 Å². The number of esters is 4. The van der Waals surface area contributed by atoms with Crippen LogP contribution >= 0.6 is 0 Å². The summed E-state index contributed by atoms with van der Waals surface area (Å²) in [5, 5.41) is 21.9. The monoisotopic (exact) mass is 712 g/mol. The molecule has 0 aromatic heterocycles. The molecule has 2 aliphatic rings. The van der Waals surface area contributed by atoms with Gasteiger partial charge < -0.3 is 43.4 Å². The first-order valence-electron chi connectivity index (χ1n) is 16.5. The van der Waals surface area contributed by atoms with Crippen molar-refractivity contribution >= 4 is 23.9 Å². The lowest BCUT2D eigenvalue weighted by Crippen LogP contribution is -2.64. The minimum atomic E-state index is -1.76. The fraction of sp³-hybridized carbons (Fsp3) is 0.282. The van der Waals surface area contributed by atoms with Crippen molar-refractivity contribution in [2.75, 3.05) is 6.61 Å². The van der Waals surface area contributed by atoms with Crippen molar-refractivity contribution in [3.63, 3.8) is 0 Å². The number of aliphatic hydroxyl groups is 2. The molecule has 2 N–H and O–H groups in total. The summed E-state index contributed by atoms with van der Waals surface area (Å²) in [5.41, 5.74) is 0.630. The fourth-order valence-electron chi connectivity index (χ4n) is 5.78. The average Bonchev–Trinajstić information content (AvgIpc) is 3.18. The highest BCUT2D eigenvalue weighted by Crippen LogP contribution is 2.34. The molecule has 0 radical (unpaired) electrons. The Bertz CT molecular complexity index is 1810. The van der Waals surface area contributed by atoms with E-state index in [0.717, 1.165) is 0 Å².